The number of benzene rings is 1. The highest BCUT2D eigenvalue weighted by Gasteiger charge is 2.05. The average Bonchev–Trinajstić information content (AvgIpc) is 2.59. The van der Waals surface area contributed by atoms with Crippen LogP contribution in [0.1, 0.15) is 5.69 Å². The number of hydrogen-bond acceptors (Lipinski definition) is 2. The summed E-state index contributed by atoms with van der Waals surface area (Å²) in [6, 6.07) is 6.59. The molecular formula is C10H8N4O2. The highest BCUT2D eigenvalue weighted by atomic mass is 16.3. The SMILES string of the molecule is [N-]=[N+]=NC(=O)Cc1cc2cc(O)ccc2[nH]1. The molecule has 0 spiro atoms. The predicted molar refractivity (Wildman–Crippen MR) is 57.8 cm³/mol. The Hall–Kier alpha value is -2.46. The smallest absolute Gasteiger partial charge is 0.224 e. The summed E-state index contributed by atoms with van der Waals surface area (Å²) in [5, 5.41) is 13.0. The molecule has 0 aliphatic carbocycles. The molecule has 0 atom stereocenters. The Labute approximate surface area is 90.1 Å². The van der Waals surface area contributed by atoms with E-state index in [0.29, 0.717) is 5.69 Å². The molecule has 0 bridgehead atoms. The van der Waals surface area contributed by atoms with Crippen LogP contribution in [0.5, 0.6) is 5.75 Å². The van der Waals surface area contributed by atoms with Gasteiger partial charge in [-0.3, -0.25) is 4.79 Å². The molecule has 1 aromatic carbocycles. The number of nitrogens with zero attached hydrogens (tertiary/aromatic N) is 3. The molecule has 16 heavy (non-hydrogen) atoms. The maximum absolute atomic E-state index is 11.1. The molecule has 80 valence electrons. The van der Waals surface area contributed by atoms with E-state index in [9.17, 15) is 9.90 Å². The number of rotatable bonds is 2. The van der Waals surface area contributed by atoms with E-state index in [1.54, 1.807) is 24.3 Å². The lowest BCUT2D eigenvalue weighted by molar-refractivity contribution is -0.117. The van der Waals surface area contributed by atoms with Gasteiger partial charge in [0, 0.05) is 21.5 Å². The lowest BCUT2D eigenvalue weighted by Gasteiger charge is -1.90. The third-order valence-electron chi connectivity index (χ3n) is 2.16. The van der Waals surface area contributed by atoms with Gasteiger partial charge in [0.1, 0.15) is 5.75 Å². The van der Waals surface area contributed by atoms with Crippen LogP contribution in [-0.4, -0.2) is 16.0 Å². The fourth-order valence-corrected chi connectivity index (χ4v) is 1.52. The molecular weight excluding hydrogens is 208 g/mol. The van der Waals surface area contributed by atoms with Crippen molar-refractivity contribution in [3.05, 3.63) is 40.4 Å². The maximum atomic E-state index is 11.1. The van der Waals surface area contributed by atoms with Gasteiger partial charge in [0.15, 0.2) is 0 Å². The number of phenolic OH excluding ortho intramolecular Hbond substituents is 1. The van der Waals surface area contributed by atoms with E-state index >= 15 is 0 Å². The monoisotopic (exact) mass is 216 g/mol. The first kappa shape index (κ1) is 10.1. The number of carbonyl (C=O) groups excluding carboxylic acids is 1. The van der Waals surface area contributed by atoms with Crippen molar-refractivity contribution in [3.63, 3.8) is 0 Å². The quantitative estimate of drug-likeness (QED) is 0.456. The second-order valence-electron chi connectivity index (χ2n) is 3.33. The summed E-state index contributed by atoms with van der Waals surface area (Å²) in [6.07, 6.45) is 0.0273. The number of nitrogens with one attached hydrogen (secondary N) is 1. The van der Waals surface area contributed by atoms with E-state index < -0.39 is 5.91 Å². The minimum atomic E-state index is -0.543. The first-order valence-electron chi connectivity index (χ1n) is 4.57. The summed E-state index contributed by atoms with van der Waals surface area (Å²) in [5.41, 5.74) is 9.56. The minimum Gasteiger partial charge on any atom is -0.508 e. The van der Waals surface area contributed by atoms with Gasteiger partial charge in [0.05, 0.1) is 6.42 Å². The van der Waals surface area contributed by atoms with Crippen molar-refractivity contribution >= 4 is 16.8 Å². The summed E-state index contributed by atoms with van der Waals surface area (Å²) < 4.78 is 0. The van der Waals surface area contributed by atoms with Crippen molar-refractivity contribution in [3.8, 4) is 5.75 Å². The molecule has 0 radical (unpaired) electrons. The number of carbonyl (C=O) groups is 1. The van der Waals surface area contributed by atoms with Gasteiger partial charge in [0.25, 0.3) is 0 Å². The number of aromatic hydroxyl groups is 1. The van der Waals surface area contributed by atoms with E-state index in [2.05, 4.69) is 15.0 Å². The molecule has 1 amide bonds. The summed E-state index contributed by atoms with van der Waals surface area (Å²) >= 11 is 0. The molecule has 0 saturated carbocycles. The number of phenols is 1. The normalized spacial score (nSPS) is 10.0. The van der Waals surface area contributed by atoms with Gasteiger partial charge in [-0.05, 0) is 34.9 Å². The van der Waals surface area contributed by atoms with E-state index in [1.165, 1.54) is 0 Å². The van der Waals surface area contributed by atoms with Crippen LogP contribution in [0.15, 0.2) is 29.4 Å². The molecule has 0 saturated heterocycles. The van der Waals surface area contributed by atoms with Gasteiger partial charge < -0.3 is 10.1 Å². The van der Waals surface area contributed by atoms with Crippen molar-refractivity contribution in [1.82, 2.24) is 4.98 Å². The summed E-state index contributed by atoms with van der Waals surface area (Å²) in [6.45, 7) is 0. The molecule has 0 aliphatic rings. The molecule has 0 unspecified atom stereocenters. The van der Waals surface area contributed by atoms with Crippen molar-refractivity contribution in [1.29, 1.82) is 0 Å². The topological polar surface area (TPSA) is 102 Å². The van der Waals surface area contributed by atoms with Crippen molar-refractivity contribution in [2.24, 2.45) is 5.11 Å². The Kier molecular flexibility index (Phi) is 2.49. The zero-order valence-electron chi connectivity index (χ0n) is 8.21. The van der Waals surface area contributed by atoms with Crippen molar-refractivity contribution in [2.75, 3.05) is 0 Å². The number of aromatic amines is 1. The van der Waals surface area contributed by atoms with Crippen LogP contribution in [0, 0.1) is 0 Å². The van der Waals surface area contributed by atoms with Gasteiger partial charge >= 0.3 is 0 Å². The minimum absolute atomic E-state index is 0.0273. The van der Waals surface area contributed by atoms with Crippen LogP contribution in [0.2, 0.25) is 0 Å². The van der Waals surface area contributed by atoms with Crippen LogP contribution in [0.25, 0.3) is 21.3 Å². The highest BCUT2D eigenvalue weighted by molar-refractivity contribution is 5.85. The molecule has 2 rings (SSSR count). The Morgan fingerprint density at radius 1 is 1.50 bits per heavy atom. The molecule has 1 heterocycles. The van der Waals surface area contributed by atoms with Gasteiger partial charge in [-0.1, -0.05) is 0 Å². The third kappa shape index (κ3) is 1.97. The Bertz CT molecular complexity index is 596. The Morgan fingerprint density at radius 3 is 3.06 bits per heavy atom. The number of aromatic nitrogens is 1. The van der Waals surface area contributed by atoms with E-state index in [4.69, 9.17) is 5.53 Å². The average molecular weight is 216 g/mol. The first-order valence-corrected chi connectivity index (χ1v) is 4.57. The van der Waals surface area contributed by atoms with Crippen LogP contribution in [0.3, 0.4) is 0 Å². The summed E-state index contributed by atoms with van der Waals surface area (Å²) in [4.78, 5) is 16.5. The van der Waals surface area contributed by atoms with Crippen LogP contribution in [0.4, 0.5) is 0 Å². The highest BCUT2D eigenvalue weighted by Crippen LogP contribution is 2.20. The van der Waals surface area contributed by atoms with Gasteiger partial charge in [-0.25, -0.2) is 0 Å². The number of hydrogen-bond donors (Lipinski definition) is 2. The third-order valence-corrected chi connectivity index (χ3v) is 2.16. The Morgan fingerprint density at radius 2 is 2.31 bits per heavy atom. The molecule has 1 aromatic heterocycles. The van der Waals surface area contributed by atoms with Crippen molar-refractivity contribution < 1.29 is 9.90 Å². The fraction of sp³-hybridized carbons (Fsp3) is 0.100. The van der Waals surface area contributed by atoms with Gasteiger partial charge in [-0.2, -0.15) is 0 Å². The number of azide groups is 1. The lowest BCUT2D eigenvalue weighted by atomic mass is 10.2. The summed E-state index contributed by atoms with van der Waals surface area (Å²) in [7, 11) is 0. The number of fused-ring (bicyclic) bond motifs is 1. The molecule has 6 nitrogen and oxygen atoms in total. The first-order chi connectivity index (χ1) is 7.69. The predicted octanol–water partition coefficient (Wildman–Crippen LogP) is 2.25. The van der Waals surface area contributed by atoms with Crippen LogP contribution < -0.4 is 0 Å². The second-order valence-corrected chi connectivity index (χ2v) is 3.33. The zero-order valence-corrected chi connectivity index (χ0v) is 8.21. The number of H-pyrrole nitrogens is 1. The van der Waals surface area contributed by atoms with Crippen LogP contribution in [-0.2, 0) is 11.2 Å². The van der Waals surface area contributed by atoms with E-state index in [0.717, 1.165) is 10.9 Å². The molecule has 6 heteroatoms. The van der Waals surface area contributed by atoms with Gasteiger partial charge in [0.2, 0.25) is 5.91 Å². The van der Waals surface area contributed by atoms with E-state index in [-0.39, 0.29) is 12.2 Å². The largest absolute Gasteiger partial charge is 0.508 e. The van der Waals surface area contributed by atoms with Crippen LogP contribution >= 0.6 is 0 Å². The molecule has 2 aromatic rings. The molecule has 0 aliphatic heterocycles. The van der Waals surface area contributed by atoms with Crippen molar-refractivity contribution in [2.45, 2.75) is 6.42 Å². The maximum Gasteiger partial charge on any atom is 0.224 e. The van der Waals surface area contributed by atoms with E-state index in [1.807, 2.05) is 0 Å². The lowest BCUT2D eigenvalue weighted by Crippen LogP contribution is -1.97. The Balaban J connectivity index is 2.32. The number of amides is 1. The standard InChI is InChI=1S/C10H8N4O2/c11-14-13-10(16)5-7-3-6-4-8(15)1-2-9(6)12-7/h1-4,12,15H,5H2. The zero-order chi connectivity index (χ0) is 11.5. The fourth-order valence-electron chi connectivity index (χ4n) is 1.52. The molecule has 2 N–H and O–H groups in total. The summed E-state index contributed by atoms with van der Waals surface area (Å²) in [5.74, 6) is -0.377. The molecule has 0 fully saturated rings. The van der Waals surface area contributed by atoms with Gasteiger partial charge in [-0.15, -0.1) is 0 Å². The second kappa shape index (κ2) is 3.96.